The molecular weight excluding hydrogens is 307 g/mol. The van der Waals surface area contributed by atoms with Crippen molar-refractivity contribution in [3.05, 3.63) is 27.7 Å². The van der Waals surface area contributed by atoms with Crippen molar-refractivity contribution in [1.29, 1.82) is 0 Å². The maximum absolute atomic E-state index is 11.8. The van der Waals surface area contributed by atoms with Gasteiger partial charge in [-0.25, -0.2) is 4.79 Å². The Morgan fingerprint density at radius 1 is 1.59 bits per heavy atom. The largest absolute Gasteiger partial charge is 0.391 e. The number of aliphatic hydroxyl groups excluding tert-OH is 1. The van der Waals surface area contributed by atoms with Gasteiger partial charge >= 0.3 is 6.03 Å². The van der Waals surface area contributed by atoms with Gasteiger partial charge in [-0.2, -0.15) is 0 Å². The molecule has 1 aliphatic heterocycles. The first-order chi connectivity index (χ1) is 8.06. The van der Waals surface area contributed by atoms with Gasteiger partial charge in [0.05, 0.1) is 16.8 Å². The molecule has 4 nitrogen and oxygen atoms in total. The van der Waals surface area contributed by atoms with Crippen molar-refractivity contribution < 1.29 is 9.90 Å². The number of nitrogens with one attached hydrogen (secondary N) is 1. The first-order valence-corrected chi connectivity index (χ1v) is 6.42. The van der Waals surface area contributed by atoms with Gasteiger partial charge in [-0.1, -0.05) is 27.5 Å². The van der Waals surface area contributed by atoms with E-state index in [1.54, 1.807) is 23.1 Å². The highest BCUT2D eigenvalue weighted by molar-refractivity contribution is 9.10. The summed E-state index contributed by atoms with van der Waals surface area (Å²) in [6.07, 6.45) is 0.211. The molecule has 17 heavy (non-hydrogen) atoms. The van der Waals surface area contributed by atoms with Crippen LogP contribution < -0.4 is 5.32 Å². The molecule has 1 aliphatic rings. The molecular formula is C11H12BrClN2O2. The zero-order valence-electron chi connectivity index (χ0n) is 8.99. The van der Waals surface area contributed by atoms with Crippen molar-refractivity contribution >= 4 is 39.2 Å². The van der Waals surface area contributed by atoms with E-state index in [1.807, 2.05) is 0 Å². The van der Waals surface area contributed by atoms with Crippen LogP contribution in [0.5, 0.6) is 0 Å². The lowest BCUT2D eigenvalue weighted by atomic mass is 10.3. The maximum atomic E-state index is 11.8. The summed E-state index contributed by atoms with van der Waals surface area (Å²) in [5.74, 6) is 0. The number of benzene rings is 1. The molecule has 0 aliphatic carbocycles. The highest BCUT2D eigenvalue weighted by Gasteiger charge is 2.24. The number of hydrogen-bond acceptors (Lipinski definition) is 2. The Morgan fingerprint density at radius 3 is 2.94 bits per heavy atom. The van der Waals surface area contributed by atoms with Gasteiger partial charge in [-0.05, 0) is 24.6 Å². The SMILES string of the molecule is O=C(Nc1ccc(Br)cc1Cl)N1CC[C@@H](O)C1. The Kier molecular flexibility index (Phi) is 3.91. The molecule has 1 heterocycles. The number of nitrogens with zero attached hydrogens (tertiary/aromatic N) is 1. The summed E-state index contributed by atoms with van der Waals surface area (Å²) < 4.78 is 0.858. The van der Waals surface area contributed by atoms with E-state index in [0.717, 1.165) is 4.47 Å². The highest BCUT2D eigenvalue weighted by Crippen LogP contribution is 2.26. The van der Waals surface area contributed by atoms with E-state index in [0.29, 0.717) is 30.2 Å². The minimum absolute atomic E-state index is 0.231. The number of amides is 2. The molecule has 0 saturated carbocycles. The summed E-state index contributed by atoms with van der Waals surface area (Å²) in [4.78, 5) is 13.4. The minimum Gasteiger partial charge on any atom is -0.391 e. The van der Waals surface area contributed by atoms with Crippen molar-refractivity contribution in [3.8, 4) is 0 Å². The van der Waals surface area contributed by atoms with Gasteiger partial charge in [0.15, 0.2) is 0 Å². The molecule has 0 bridgehead atoms. The predicted octanol–water partition coefficient (Wildman–Crippen LogP) is 2.70. The quantitative estimate of drug-likeness (QED) is 0.836. The molecule has 0 radical (unpaired) electrons. The van der Waals surface area contributed by atoms with Crippen molar-refractivity contribution in [1.82, 2.24) is 4.90 Å². The van der Waals surface area contributed by atoms with Crippen molar-refractivity contribution in [2.45, 2.75) is 12.5 Å². The molecule has 2 amide bonds. The zero-order valence-corrected chi connectivity index (χ0v) is 11.3. The number of rotatable bonds is 1. The van der Waals surface area contributed by atoms with Gasteiger partial charge in [0.2, 0.25) is 0 Å². The second kappa shape index (κ2) is 5.25. The summed E-state index contributed by atoms with van der Waals surface area (Å²) in [5.41, 5.74) is 0.571. The number of β-amino-alcohol motifs (C(OH)–C–C–N with tert-alkyl or cyclic N) is 1. The van der Waals surface area contributed by atoms with Crippen LogP contribution >= 0.6 is 27.5 Å². The topological polar surface area (TPSA) is 52.6 Å². The molecule has 1 aromatic rings. The fourth-order valence-corrected chi connectivity index (χ4v) is 2.43. The van der Waals surface area contributed by atoms with Gasteiger partial charge < -0.3 is 15.3 Å². The van der Waals surface area contributed by atoms with Crippen LogP contribution in [0, 0.1) is 0 Å². The number of aliphatic hydroxyl groups is 1. The Balaban J connectivity index is 2.03. The van der Waals surface area contributed by atoms with Crippen LogP contribution in [-0.4, -0.2) is 35.2 Å². The third-order valence-electron chi connectivity index (χ3n) is 2.62. The number of urea groups is 1. The summed E-state index contributed by atoms with van der Waals surface area (Å²) in [5, 5.41) is 12.6. The van der Waals surface area contributed by atoms with Crippen LogP contribution in [0.4, 0.5) is 10.5 Å². The lowest BCUT2D eigenvalue weighted by Crippen LogP contribution is -2.33. The van der Waals surface area contributed by atoms with Crippen LogP contribution in [0.2, 0.25) is 5.02 Å². The number of anilines is 1. The summed E-state index contributed by atoms with van der Waals surface area (Å²) in [7, 11) is 0. The lowest BCUT2D eigenvalue weighted by Gasteiger charge is -2.17. The van der Waals surface area contributed by atoms with Gasteiger partial charge in [0.25, 0.3) is 0 Å². The van der Waals surface area contributed by atoms with Crippen molar-refractivity contribution in [2.75, 3.05) is 18.4 Å². The second-order valence-electron chi connectivity index (χ2n) is 3.94. The average Bonchev–Trinajstić information content (AvgIpc) is 2.69. The third kappa shape index (κ3) is 3.12. The van der Waals surface area contributed by atoms with Crippen molar-refractivity contribution in [2.24, 2.45) is 0 Å². The molecule has 2 rings (SSSR count). The van der Waals surface area contributed by atoms with E-state index >= 15 is 0 Å². The normalized spacial score (nSPS) is 19.5. The first-order valence-electron chi connectivity index (χ1n) is 5.25. The number of hydrogen-bond donors (Lipinski definition) is 2. The van der Waals surface area contributed by atoms with Gasteiger partial charge in [0, 0.05) is 17.6 Å². The molecule has 0 aromatic heterocycles. The third-order valence-corrected chi connectivity index (χ3v) is 3.43. The standard InChI is InChI=1S/C11H12BrClN2O2/c12-7-1-2-10(9(13)5-7)14-11(17)15-4-3-8(16)6-15/h1-2,5,8,16H,3-4,6H2,(H,14,17)/t8-/m1/s1. The van der Waals surface area contributed by atoms with Crippen LogP contribution in [0.25, 0.3) is 0 Å². The van der Waals surface area contributed by atoms with E-state index in [-0.39, 0.29) is 6.03 Å². The van der Waals surface area contributed by atoms with Crippen LogP contribution in [0.15, 0.2) is 22.7 Å². The Labute approximate surface area is 113 Å². The van der Waals surface area contributed by atoms with E-state index in [9.17, 15) is 9.90 Å². The zero-order chi connectivity index (χ0) is 12.4. The maximum Gasteiger partial charge on any atom is 0.321 e. The average molecular weight is 320 g/mol. The molecule has 2 N–H and O–H groups in total. The first kappa shape index (κ1) is 12.7. The Hall–Kier alpha value is -0.780. The molecule has 6 heteroatoms. The molecule has 0 spiro atoms. The highest BCUT2D eigenvalue weighted by atomic mass is 79.9. The van der Waals surface area contributed by atoms with Gasteiger partial charge in [-0.15, -0.1) is 0 Å². The minimum atomic E-state index is -0.416. The van der Waals surface area contributed by atoms with Gasteiger partial charge in [0.1, 0.15) is 0 Å². The van der Waals surface area contributed by atoms with Crippen LogP contribution in [0.3, 0.4) is 0 Å². The number of likely N-dealkylation sites (tertiary alicyclic amines) is 1. The second-order valence-corrected chi connectivity index (χ2v) is 5.27. The van der Waals surface area contributed by atoms with E-state index < -0.39 is 6.10 Å². The monoisotopic (exact) mass is 318 g/mol. The summed E-state index contributed by atoms with van der Waals surface area (Å²) in [6.45, 7) is 0.946. The molecule has 1 saturated heterocycles. The predicted molar refractivity (Wildman–Crippen MR) is 70.4 cm³/mol. The fraction of sp³-hybridized carbons (Fsp3) is 0.364. The van der Waals surface area contributed by atoms with Crippen molar-refractivity contribution in [3.63, 3.8) is 0 Å². The van der Waals surface area contributed by atoms with Crippen LogP contribution in [0.1, 0.15) is 6.42 Å². The molecule has 1 fully saturated rings. The van der Waals surface area contributed by atoms with E-state index in [1.165, 1.54) is 0 Å². The Bertz CT molecular complexity index is 441. The summed E-state index contributed by atoms with van der Waals surface area (Å²) in [6, 6.07) is 5.03. The molecule has 0 unspecified atom stereocenters. The summed E-state index contributed by atoms with van der Waals surface area (Å²) >= 11 is 9.29. The lowest BCUT2D eigenvalue weighted by molar-refractivity contribution is 0.176. The number of halogens is 2. The molecule has 1 aromatic carbocycles. The van der Waals surface area contributed by atoms with E-state index in [2.05, 4.69) is 21.2 Å². The Morgan fingerprint density at radius 2 is 2.35 bits per heavy atom. The molecule has 1 atom stereocenters. The smallest absolute Gasteiger partial charge is 0.321 e. The van der Waals surface area contributed by atoms with E-state index in [4.69, 9.17) is 11.6 Å². The fourth-order valence-electron chi connectivity index (χ4n) is 1.71. The van der Waals surface area contributed by atoms with Gasteiger partial charge in [-0.3, -0.25) is 0 Å². The van der Waals surface area contributed by atoms with Crippen LogP contribution in [-0.2, 0) is 0 Å². The molecule has 92 valence electrons. The number of carbonyl (C=O) groups is 1. The number of carbonyl (C=O) groups excluding carboxylic acids is 1.